The Morgan fingerprint density at radius 1 is 1.50 bits per heavy atom. The molecule has 0 amide bonds. The first-order valence-electron chi connectivity index (χ1n) is 5.46. The van der Waals surface area contributed by atoms with Crippen LogP contribution in [0.2, 0.25) is 0 Å². The van der Waals surface area contributed by atoms with E-state index in [4.69, 9.17) is 5.11 Å². The highest BCUT2D eigenvalue weighted by atomic mass is 32.2. The second kappa shape index (κ2) is 4.97. The highest BCUT2D eigenvalue weighted by molar-refractivity contribution is 7.99. The van der Waals surface area contributed by atoms with E-state index >= 15 is 0 Å². The Labute approximate surface area is 115 Å². The van der Waals surface area contributed by atoms with Gasteiger partial charge in [-0.05, 0) is 13.0 Å². The standard InChI is InChI=1S/C11H10F3N3O2S/c1-5-9-6(11(12,13)14)3-7(20-4-8(18)19)15-10(9)16-17(5)2/h3H,4H2,1-2H3,(H,18,19). The monoisotopic (exact) mass is 305 g/mol. The van der Waals surface area contributed by atoms with Crippen molar-refractivity contribution in [3.63, 3.8) is 0 Å². The zero-order valence-electron chi connectivity index (χ0n) is 10.5. The van der Waals surface area contributed by atoms with Gasteiger partial charge < -0.3 is 5.11 Å². The van der Waals surface area contributed by atoms with E-state index in [1.54, 1.807) is 0 Å². The van der Waals surface area contributed by atoms with Crippen LogP contribution in [0.4, 0.5) is 13.2 Å². The van der Waals surface area contributed by atoms with Gasteiger partial charge in [-0.2, -0.15) is 18.3 Å². The van der Waals surface area contributed by atoms with Gasteiger partial charge in [0.15, 0.2) is 5.65 Å². The molecule has 0 atom stereocenters. The fourth-order valence-electron chi connectivity index (χ4n) is 1.75. The number of carboxylic acids is 1. The van der Waals surface area contributed by atoms with Crippen molar-refractivity contribution in [2.45, 2.75) is 18.1 Å². The van der Waals surface area contributed by atoms with Crippen molar-refractivity contribution in [2.75, 3.05) is 5.75 Å². The molecule has 0 aliphatic heterocycles. The zero-order valence-corrected chi connectivity index (χ0v) is 11.3. The lowest BCUT2D eigenvalue weighted by Crippen LogP contribution is -2.07. The van der Waals surface area contributed by atoms with Crippen LogP contribution in [0.1, 0.15) is 11.3 Å². The summed E-state index contributed by atoms with van der Waals surface area (Å²) in [6.45, 7) is 1.52. The third kappa shape index (κ3) is 2.72. The quantitative estimate of drug-likeness (QED) is 0.882. The summed E-state index contributed by atoms with van der Waals surface area (Å²) in [4.78, 5) is 14.5. The molecule has 2 rings (SSSR count). The summed E-state index contributed by atoms with van der Waals surface area (Å²) < 4.78 is 40.6. The number of aromatic nitrogens is 3. The molecule has 0 saturated heterocycles. The lowest BCUT2D eigenvalue weighted by molar-refractivity contribution is -0.136. The second-order valence-corrected chi connectivity index (χ2v) is 5.09. The van der Waals surface area contributed by atoms with Crippen molar-refractivity contribution in [3.8, 4) is 0 Å². The van der Waals surface area contributed by atoms with Crippen LogP contribution >= 0.6 is 11.8 Å². The first-order valence-corrected chi connectivity index (χ1v) is 6.45. The van der Waals surface area contributed by atoms with Crippen LogP contribution in [-0.2, 0) is 18.0 Å². The Bertz CT molecular complexity index is 682. The van der Waals surface area contributed by atoms with Crippen molar-refractivity contribution in [2.24, 2.45) is 7.05 Å². The van der Waals surface area contributed by atoms with Gasteiger partial charge in [0, 0.05) is 12.7 Å². The number of carboxylic acid groups (broad SMARTS) is 1. The summed E-state index contributed by atoms with van der Waals surface area (Å²) in [5.41, 5.74) is -0.525. The van der Waals surface area contributed by atoms with Gasteiger partial charge in [-0.3, -0.25) is 9.48 Å². The van der Waals surface area contributed by atoms with E-state index in [2.05, 4.69) is 10.1 Å². The Hall–Kier alpha value is -1.77. The van der Waals surface area contributed by atoms with Gasteiger partial charge in [0.05, 0.1) is 21.7 Å². The Morgan fingerprint density at radius 2 is 2.15 bits per heavy atom. The van der Waals surface area contributed by atoms with E-state index < -0.39 is 17.7 Å². The molecular weight excluding hydrogens is 295 g/mol. The normalized spacial score (nSPS) is 12.1. The highest BCUT2D eigenvalue weighted by Gasteiger charge is 2.35. The first kappa shape index (κ1) is 14.6. The van der Waals surface area contributed by atoms with Gasteiger partial charge in [0.25, 0.3) is 0 Å². The number of thioether (sulfide) groups is 1. The number of aliphatic carboxylic acids is 1. The summed E-state index contributed by atoms with van der Waals surface area (Å²) in [7, 11) is 1.53. The molecule has 0 bridgehead atoms. The number of aryl methyl sites for hydroxylation is 2. The minimum atomic E-state index is -4.55. The van der Waals surface area contributed by atoms with Gasteiger partial charge in [-0.1, -0.05) is 11.8 Å². The van der Waals surface area contributed by atoms with Gasteiger partial charge in [-0.15, -0.1) is 0 Å². The van der Waals surface area contributed by atoms with Gasteiger partial charge >= 0.3 is 12.1 Å². The SMILES string of the molecule is Cc1c2c(C(F)(F)F)cc(SCC(=O)O)nc2nn1C. The number of nitrogens with zero attached hydrogens (tertiary/aromatic N) is 3. The van der Waals surface area contributed by atoms with Gasteiger partial charge in [-0.25, -0.2) is 4.98 Å². The topological polar surface area (TPSA) is 68.0 Å². The minimum Gasteiger partial charge on any atom is -0.481 e. The number of hydrogen-bond donors (Lipinski definition) is 1. The van der Waals surface area contributed by atoms with Crippen LogP contribution in [0, 0.1) is 6.92 Å². The number of pyridine rings is 1. The summed E-state index contributed by atoms with van der Waals surface area (Å²) in [5.74, 6) is -1.48. The maximum absolute atomic E-state index is 13.1. The smallest absolute Gasteiger partial charge is 0.417 e. The van der Waals surface area contributed by atoms with Crippen LogP contribution in [0.15, 0.2) is 11.1 Å². The van der Waals surface area contributed by atoms with Gasteiger partial charge in [0.2, 0.25) is 0 Å². The summed E-state index contributed by atoms with van der Waals surface area (Å²) in [5, 5.41) is 12.4. The molecule has 0 unspecified atom stereocenters. The number of carbonyl (C=O) groups is 1. The lowest BCUT2D eigenvalue weighted by atomic mass is 10.1. The van der Waals surface area contributed by atoms with Crippen molar-refractivity contribution in [3.05, 3.63) is 17.3 Å². The fourth-order valence-corrected chi connectivity index (χ4v) is 2.37. The Balaban J connectivity index is 2.62. The largest absolute Gasteiger partial charge is 0.481 e. The van der Waals surface area contributed by atoms with Crippen LogP contribution in [0.3, 0.4) is 0 Å². The average molecular weight is 305 g/mol. The number of alkyl halides is 3. The van der Waals surface area contributed by atoms with E-state index in [0.717, 1.165) is 17.8 Å². The molecule has 0 fully saturated rings. The predicted octanol–water partition coefficient (Wildman–Crippen LogP) is 2.47. The number of hydrogen-bond acceptors (Lipinski definition) is 4. The lowest BCUT2D eigenvalue weighted by Gasteiger charge is -2.10. The van der Waals surface area contributed by atoms with Crippen molar-refractivity contribution < 1.29 is 23.1 Å². The Kier molecular flexibility index (Phi) is 3.63. The molecule has 0 aromatic carbocycles. The number of fused-ring (bicyclic) bond motifs is 1. The van der Waals surface area contributed by atoms with Crippen molar-refractivity contribution in [1.82, 2.24) is 14.8 Å². The van der Waals surface area contributed by atoms with E-state index in [-0.39, 0.29) is 21.8 Å². The molecule has 20 heavy (non-hydrogen) atoms. The molecular formula is C11H10F3N3O2S. The molecule has 0 saturated carbocycles. The molecule has 108 valence electrons. The maximum Gasteiger partial charge on any atom is 0.417 e. The van der Waals surface area contributed by atoms with Crippen molar-refractivity contribution >= 4 is 28.8 Å². The second-order valence-electron chi connectivity index (χ2n) is 4.10. The molecule has 9 heteroatoms. The molecule has 0 spiro atoms. The molecule has 2 aromatic rings. The average Bonchev–Trinajstić information content (AvgIpc) is 2.60. The molecule has 2 heterocycles. The van der Waals surface area contributed by atoms with Crippen LogP contribution in [-0.4, -0.2) is 31.6 Å². The molecule has 0 aliphatic carbocycles. The minimum absolute atomic E-state index is 0.00896. The van der Waals surface area contributed by atoms with E-state index in [9.17, 15) is 18.0 Å². The maximum atomic E-state index is 13.1. The third-order valence-electron chi connectivity index (χ3n) is 2.72. The van der Waals surface area contributed by atoms with Crippen molar-refractivity contribution in [1.29, 1.82) is 0 Å². The summed E-state index contributed by atoms with van der Waals surface area (Å²) in [6.07, 6.45) is -4.55. The van der Waals surface area contributed by atoms with E-state index in [1.165, 1.54) is 18.7 Å². The third-order valence-corrected chi connectivity index (χ3v) is 3.61. The zero-order chi connectivity index (χ0) is 15.1. The van der Waals surface area contributed by atoms with E-state index in [0.29, 0.717) is 5.69 Å². The van der Waals surface area contributed by atoms with Gasteiger partial charge in [0.1, 0.15) is 0 Å². The predicted molar refractivity (Wildman–Crippen MR) is 66.6 cm³/mol. The summed E-state index contributed by atoms with van der Waals surface area (Å²) >= 11 is 0.729. The highest BCUT2D eigenvalue weighted by Crippen LogP contribution is 2.37. The molecule has 1 N–H and O–H groups in total. The van der Waals surface area contributed by atoms with Crippen LogP contribution in [0.25, 0.3) is 11.0 Å². The first-order chi connectivity index (χ1) is 9.20. The number of halogens is 3. The van der Waals surface area contributed by atoms with Crippen LogP contribution < -0.4 is 0 Å². The molecule has 5 nitrogen and oxygen atoms in total. The molecule has 0 aliphatic rings. The Morgan fingerprint density at radius 3 is 2.70 bits per heavy atom. The molecule has 2 aromatic heterocycles. The summed E-state index contributed by atoms with van der Waals surface area (Å²) in [6, 6.07) is 0.866. The number of rotatable bonds is 3. The van der Waals surface area contributed by atoms with Crippen LogP contribution in [0.5, 0.6) is 0 Å². The van der Waals surface area contributed by atoms with E-state index in [1.807, 2.05) is 0 Å². The fraction of sp³-hybridized carbons (Fsp3) is 0.364. The molecule has 0 radical (unpaired) electrons.